The predicted octanol–water partition coefficient (Wildman–Crippen LogP) is -3.90. The van der Waals surface area contributed by atoms with E-state index in [9.17, 15) is 14.4 Å². The molecular weight excluding hydrogens is 479 g/mol. The number of ether oxygens (including phenoxy) is 3. The van der Waals surface area contributed by atoms with Crippen molar-refractivity contribution in [1.29, 1.82) is 0 Å². The summed E-state index contributed by atoms with van der Waals surface area (Å²) in [7, 11) is -0.726. The number of H-pyrrole nitrogens is 1. The zero-order valence-electron chi connectivity index (χ0n) is 18.5. The zero-order chi connectivity index (χ0) is 21.9. The molecule has 0 radical (unpaired) electrons. The summed E-state index contributed by atoms with van der Waals surface area (Å²) in [6, 6.07) is 8.23. The summed E-state index contributed by atoms with van der Waals surface area (Å²) in [6.07, 6.45) is 1.74. The van der Waals surface area contributed by atoms with Crippen LogP contribution < -0.4 is 87.6 Å². The van der Waals surface area contributed by atoms with Crippen LogP contribution in [-0.4, -0.2) is 43.0 Å². The Morgan fingerprint density at radius 3 is 2.03 bits per heavy atom. The van der Waals surface area contributed by atoms with E-state index < -0.39 is 7.82 Å². The van der Waals surface area contributed by atoms with E-state index in [0.29, 0.717) is 44.7 Å². The van der Waals surface area contributed by atoms with E-state index in [4.69, 9.17) is 14.2 Å². The summed E-state index contributed by atoms with van der Waals surface area (Å²) >= 11 is 1.24. The normalized spacial score (nSPS) is 10.6. The molecule has 1 heterocycles. The second kappa shape index (κ2) is 12.7. The monoisotopic (exact) mass is 497 g/mol. The minimum atomic E-state index is -5.23. The van der Waals surface area contributed by atoms with Gasteiger partial charge in [0.25, 0.3) is 0 Å². The minimum Gasteiger partial charge on any atom is -0.780 e. The molecule has 0 atom stereocenters. The first kappa shape index (κ1) is 29.3. The first-order valence-electron chi connectivity index (χ1n) is 8.42. The molecule has 0 aliphatic heterocycles. The third kappa shape index (κ3) is 6.66. The van der Waals surface area contributed by atoms with Gasteiger partial charge in [0.15, 0.2) is 11.5 Å². The molecule has 0 aliphatic carbocycles. The van der Waals surface area contributed by atoms with Crippen LogP contribution >= 0.6 is 19.6 Å². The van der Waals surface area contributed by atoms with Crippen molar-refractivity contribution in [3.8, 4) is 45.5 Å². The largest absolute Gasteiger partial charge is 1.00 e. The van der Waals surface area contributed by atoms with Crippen molar-refractivity contribution >= 4 is 19.6 Å². The average Bonchev–Trinajstić information content (AvgIpc) is 3.21. The topological polar surface area (TPSA) is 142 Å². The first-order valence-corrected chi connectivity index (χ1v) is 11.1. The molecule has 1 N–H and O–H groups in total. The van der Waals surface area contributed by atoms with Crippen molar-refractivity contribution in [1.82, 2.24) is 15.4 Å². The number of aromatic amines is 1. The fraction of sp³-hybridized carbons (Fsp3) is 0.222. The Labute approximate surface area is 233 Å². The second-order valence-corrected chi connectivity index (χ2v) is 7.78. The summed E-state index contributed by atoms with van der Waals surface area (Å²) in [4.78, 5) is 22.7. The maximum Gasteiger partial charge on any atom is 1.00 e. The van der Waals surface area contributed by atoms with Gasteiger partial charge in [0.1, 0.15) is 19.3 Å². The van der Waals surface area contributed by atoms with Gasteiger partial charge in [-0.1, -0.05) is 11.3 Å². The standard InChI is InChI=1S/C18H20N3O7PS.2Na/c1-25-13-8-11(9-14(26-2)18(13)27-3)17-16(19-21-20-17)10-5-6-15(30-4)12(7-10)28-29(22,23)24;;/h5-9H,1-4H3,(H,19,20,21)(H2,22,23,24);;/q;2*+1/p-2. The Balaban J connectivity index is 0.00000256. The fourth-order valence-corrected chi connectivity index (χ4v) is 3.83. The van der Waals surface area contributed by atoms with Crippen molar-refractivity contribution in [2.24, 2.45) is 0 Å². The van der Waals surface area contributed by atoms with Gasteiger partial charge < -0.3 is 33.1 Å². The number of hydrogen-bond donors (Lipinski definition) is 1. The third-order valence-corrected chi connectivity index (χ3v) is 5.35. The molecule has 14 heteroatoms. The van der Waals surface area contributed by atoms with Gasteiger partial charge in [0.05, 0.1) is 27.0 Å². The van der Waals surface area contributed by atoms with Crippen LogP contribution in [-0.2, 0) is 4.57 Å². The van der Waals surface area contributed by atoms with E-state index in [-0.39, 0.29) is 64.9 Å². The third-order valence-electron chi connectivity index (χ3n) is 4.15. The molecule has 1 aromatic heterocycles. The molecule has 3 rings (SSSR count). The number of thioether (sulfide) groups is 1. The van der Waals surface area contributed by atoms with Crippen LogP contribution in [0.5, 0.6) is 23.0 Å². The van der Waals surface area contributed by atoms with Gasteiger partial charge in [-0.25, -0.2) is 0 Å². The minimum absolute atomic E-state index is 0. The SMILES string of the molecule is COc1cc(-c2nn[nH]c2-c2ccc(SC)c(OP(=O)([O-])[O-])c2)cc(OC)c1OC.[Na+].[Na+]. The van der Waals surface area contributed by atoms with Crippen LogP contribution in [0, 0.1) is 0 Å². The molecule has 0 unspecified atom stereocenters. The summed E-state index contributed by atoms with van der Waals surface area (Å²) in [5, 5.41) is 10.8. The Kier molecular flexibility index (Phi) is 11.6. The molecule has 0 bridgehead atoms. The van der Waals surface area contributed by atoms with E-state index in [1.807, 2.05) is 0 Å². The van der Waals surface area contributed by atoms with Crippen LogP contribution in [0.25, 0.3) is 22.5 Å². The molecule has 0 amide bonds. The van der Waals surface area contributed by atoms with Crippen LogP contribution in [0.15, 0.2) is 35.2 Å². The molecule has 0 aliphatic rings. The van der Waals surface area contributed by atoms with Crippen molar-refractivity contribution in [3.05, 3.63) is 30.3 Å². The van der Waals surface area contributed by atoms with Crippen LogP contribution in [0.1, 0.15) is 0 Å². The molecular formula is C18H18N3Na2O7PS. The number of nitrogens with zero attached hydrogens (tertiary/aromatic N) is 2. The molecule has 0 spiro atoms. The first-order chi connectivity index (χ1) is 14.3. The van der Waals surface area contributed by atoms with E-state index in [2.05, 4.69) is 19.9 Å². The zero-order valence-corrected chi connectivity index (χ0v) is 24.2. The van der Waals surface area contributed by atoms with Gasteiger partial charge in [-0.05, 0) is 30.5 Å². The van der Waals surface area contributed by atoms with Gasteiger partial charge in [-0.2, -0.15) is 0 Å². The van der Waals surface area contributed by atoms with E-state index in [1.54, 1.807) is 30.5 Å². The molecule has 160 valence electrons. The molecule has 3 aromatic rings. The summed E-state index contributed by atoms with van der Waals surface area (Å²) < 4.78 is 31.8. The van der Waals surface area contributed by atoms with Gasteiger partial charge in [0.2, 0.25) is 5.75 Å². The van der Waals surface area contributed by atoms with Crippen LogP contribution in [0.4, 0.5) is 0 Å². The number of phosphoric ester groups is 1. The molecule has 0 fully saturated rings. The Hall–Kier alpha value is -0.720. The van der Waals surface area contributed by atoms with Gasteiger partial charge in [-0.3, -0.25) is 5.10 Å². The summed E-state index contributed by atoms with van der Waals surface area (Å²) in [5.41, 5.74) is 2.06. The van der Waals surface area contributed by atoms with E-state index >= 15 is 0 Å². The number of methoxy groups -OCH3 is 3. The van der Waals surface area contributed by atoms with Gasteiger partial charge in [-0.15, -0.1) is 16.9 Å². The number of aromatic nitrogens is 3. The molecule has 32 heavy (non-hydrogen) atoms. The van der Waals surface area contributed by atoms with Crippen molar-refractivity contribution in [2.75, 3.05) is 27.6 Å². The van der Waals surface area contributed by atoms with Crippen molar-refractivity contribution < 1.29 is 92.2 Å². The maximum atomic E-state index is 11.1. The molecule has 10 nitrogen and oxygen atoms in total. The molecule has 0 saturated carbocycles. The fourth-order valence-electron chi connectivity index (χ4n) is 2.87. The van der Waals surface area contributed by atoms with E-state index in [1.165, 1.54) is 39.2 Å². The summed E-state index contributed by atoms with van der Waals surface area (Å²) in [5.74, 6) is 1.22. The number of nitrogens with one attached hydrogen (secondary N) is 1. The van der Waals surface area contributed by atoms with Gasteiger partial charge in [0, 0.05) is 16.0 Å². The summed E-state index contributed by atoms with van der Waals surface area (Å²) in [6.45, 7) is 0. The Bertz CT molecular complexity index is 1080. The van der Waals surface area contributed by atoms with E-state index in [0.717, 1.165) is 0 Å². The second-order valence-electron chi connectivity index (χ2n) is 5.85. The van der Waals surface area contributed by atoms with Crippen LogP contribution in [0.2, 0.25) is 0 Å². The molecule has 0 saturated heterocycles. The maximum absolute atomic E-state index is 11.1. The smallest absolute Gasteiger partial charge is 0.780 e. The molecule has 2 aromatic carbocycles. The van der Waals surface area contributed by atoms with Gasteiger partial charge >= 0.3 is 59.1 Å². The Morgan fingerprint density at radius 2 is 1.53 bits per heavy atom. The number of phosphoric acid groups is 1. The number of benzene rings is 2. The van der Waals surface area contributed by atoms with Crippen molar-refractivity contribution in [3.63, 3.8) is 0 Å². The van der Waals surface area contributed by atoms with Crippen LogP contribution in [0.3, 0.4) is 0 Å². The number of hydrogen-bond acceptors (Lipinski definition) is 10. The Morgan fingerprint density at radius 1 is 0.938 bits per heavy atom. The van der Waals surface area contributed by atoms with Crippen molar-refractivity contribution in [2.45, 2.75) is 4.90 Å². The average molecular weight is 497 g/mol. The quantitative estimate of drug-likeness (QED) is 0.187. The number of rotatable bonds is 8. The predicted molar refractivity (Wildman–Crippen MR) is 107 cm³/mol.